The molecule has 5 rings (SSSR count). The summed E-state index contributed by atoms with van der Waals surface area (Å²) < 4.78 is 0. The third kappa shape index (κ3) is 9.96. The maximum Gasteiger partial charge on any atom is 0.137 e. The van der Waals surface area contributed by atoms with Crippen molar-refractivity contribution in [2.75, 3.05) is 10.6 Å². The number of aromatic nitrogens is 2. The Hall–Kier alpha value is -5.06. The van der Waals surface area contributed by atoms with Gasteiger partial charge in [0.25, 0.3) is 0 Å². The van der Waals surface area contributed by atoms with E-state index in [1.54, 1.807) is 6.92 Å². The van der Waals surface area contributed by atoms with Gasteiger partial charge in [-0.05, 0) is 103 Å². The lowest BCUT2D eigenvalue weighted by Gasteiger charge is -2.28. The van der Waals surface area contributed by atoms with Crippen LogP contribution in [-0.2, 0) is 25.9 Å². The van der Waals surface area contributed by atoms with E-state index in [-0.39, 0.29) is 0 Å². The van der Waals surface area contributed by atoms with Gasteiger partial charge in [0.1, 0.15) is 5.82 Å². The third-order valence-corrected chi connectivity index (χ3v) is 7.66. The van der Waals surface area contributed by atoms with Gasteiger partial charge in [-0.2, -0.15) is 0 Å². The van der Waals surface area contributed by atoms with Crippen LogP contribution in [0.5, 0.6) is 0 Å². The summed E-state index contributed by atoms with van der Waals surface area (Å²) in [4.78, 5) is 12.1. The van der Waals surface area contributed by atoms with Crippen LogP contribution in [0.2, 0.25) is 0 Å². The van der Waals surface area contributed by atoms with Crippen LogP contribution in [0.3, 0.4) is 0 Å². The summed E-state index contributed by atoms with van der Waals surface area (Å²) in [6, 6.07) is 23.4. The molecule has 4 heteroatoms. The standard InChI is InChI=1S/C36H36N4.C3H4.2C2H6/c1-6-26-10-12-30(28(8-3)18-26)23-40(22-29-11-9-24(4)17-25(29)5)36-33-14-13-32(37)19-31(33)20-35(39-36)34-21-38-16-15-27(34)7-2;1-3-2;2*1-2/h3,9-21H,6-7,22-23,37H2,1-2,4-5H3;1H,2H3;2*1-2H3. The molecule has 2 aromatic heterocycles. The first kappa shape index (κ1) is 38.1. The lowest BCUT2D eigenvalue weighted by molar-refractivity contribution is 0.783. The molecule has 5 aromatic rings. The Morgan fingerprint density at radius 1 is 0.787 bits per heavy atom. The van der Waals surface area contributed by atoms with Crippen LogP contribution in [0.15, 0.2) is 79.1 Å². The second kappa shape index (κ2) is 19.5. The maximum absolute atomic E-state index is 6.27. The van der Waals surface area contributed by atoms with E-state index >= 15 is 0 Å². The second-order valence-corrected chi connectivity index (χ2v) is 10.8. The Morgan fingerprint density at radius 2 is 1.47 bits per heavy atom. The van der Waals surface area contributed by atoms with Crippen LogP contribution in [0.25, 0.3) is 22.0 Å². The summed E-state index contributed by atoms with van der Waals surface area (Å²) in [5, 5.41) is 2.10. The fourth-order valence-electron chi connectivity index (χ4n) is 5.36. The Kier molecular flexibility index (Phi) is 15.8. The lowest BCUT2D eigenvalue weighted by atomic mass is 10.00. The zero-order valence-corrected chi connectivity index (χ0v) is 29.9. The Balaban J connectivity index is 0.00000102. The predicted molar refractivity (Wildman–Crippen MR) is 206 cm³/mol. The minimum atomic E-state index is 0.625. The molecule has 4 nitrogen and oxygen atoms in total. The van der Waals surface area contributed by atoms with Gasteiger partial charge in [-0.25, -0.2) is 4.98 Å². The number of rotatable bonds is 8. The van der Waals surface area contributed by atoms with Crippen LogP contribution in [0.1, 0.15) is 87.4 Å². The molecule has 0 spiro atoms. The number of nitrogens with two attached hydrogens (primary N) is 1. The molecule has 0 saturated carbocycles. The SMILES string of the molecule is C#CC.C#Cc1cc(CC)ccc1CN(Cc1ccc(C)cc1C)c1nc(-c2cnccc2CC)cc2cc(N)ccc12.CC.CC. The van der Waals surface area contributed by atoms with Crippen molar-refractivity contribution in [1.29, 1.82) is 0 Å². The summed E-state index contributed by atoms with van der Waals surface area (Å²) in [6.45, 7) is 19.6. The highest BCUT2D eigenvalue weighted by atomic mass is 15.2. The van der Waals surface area contributed by atoms with Crippen molar-refractivity contribution in [2.45, 2.75) is 88.2 Å². The van der Waals surface area contributed by atoms with E-state index in [2.05, 4.69) is 110 Å². The molecule has 0 atom stereocenters. The Labute approximate surface area is 284 Å². The summed E-state index contributed by atoms with van der Waals surface area (Å²) in [7, 11) is 0. The van der Waals surface area contributed by atoms with Gasteiger partial charge in [-0.15, -0.1) is 18.8 Å². The molecule has 0 aliphatic rings. The number of hydrogen-bond donors (Lipinski definition) is 1. The first-order valence-corrected chi connectivity index (χ1v) is 16.7. The van der Waals surface area contributed by atoms with Gasteiger partial charge >= 0.3 is 0 Å². The van der Waals surface area contributed by atoms with Crippen molar-refractivity contribution in [3.05, 3.63) is 118 Å². The lowest BCUT2D eigenvalue weighted by Crippen LogP contribution is -2.25. The quantitative estimate of drug-likeness (QED) is 0.138. The van der Waals surface area contributed by atoms with E-state index in [0.29, 0.717) is 13.1 Å². The van der Waals surface area contributed by atoms with Crippen LogP contribution in [0, 0.1) is 38.5 Å². The highest BCUT2D eigenvalue weighted by Crippen LogP contribution is 2.34. The van der Waals surface area contributed by atoms with Crippen LogP contribution >= 0.6 is 0 Å². The molecule has 2 heterocycles. The van der Waals surface area contributed by atoms with Crippen LogP contribution in [-0.4, -0.2) is 9.97 Å². The van der Waals surface area contributed by atoms with Crippen molar-refractivity contribution in [3.63, 3.8) is 0 Å². The van der Waals surface area contributed by atoms with E-state index in [0.717, 1.165) is 57.5 Å². The van der Waals surface area contributed by atoms with Crippen molar-refractivity contribution in [1.82, 2.24) is 9.97 Å². The molecule has 0 amide bonds. The predicted octanol–water partition coefficient (Wildman–Crippen LogP) is 10.5. The highest BCUT2D eigenvalue weighted by Gasteiger charge is 2.19. The minimum Gasteiger partial charge on any atom is -0.399 e. The normalized spacial score (nSPS) is 9.77. The monoisotopic (exact) mass is 624 g/mol. The second-order valence-electron chi connectivity index (χ2n) is 10.8. The number of anilines is 2. The molecule has 0 saturated heterocycles. The molecule has 47 heavy (non-hydrogen) atoms. The zero-order chi connectivity index (χ0) is 34.9. The largest absolute Gasteiger partial charge is 0.399 e. The van der Waals surface area contributed by atoms with Crippen LogP contribution in [0.4, 0.5) is 11.5 Å². The minimum absolute atomic E-state index is 0.625. The molecule has 244 valence electrons. The molecular weight excluding hydrogens is 573 g/mol. The maximum atomic E-state index is 6.27. The van der Waals surface area contributed by atoms with E-state index in [4.69, 9.17) is 17.1 Å². The number of terminal acetylenes is 2. The molecule has 0 aliphatic heterocycles. The molecular formula is C43H52N4. The highest BCUT2D eigenvalue weighted by molar-refractivity contribution is 5.96. The average molecular weight is 625 g/mol. The average Bonchev–Trinajstić information content (AvgIpc) is 3.10. The molecule has 0 unspecified atom stereocenters. The number of fused-ring (bicyclic) bond motifs is 1. The number of pyridine rings is 2. The molecule has 2 N–H and O–H groups in total. The first-order valence-electron chi connectivity index (χ1n) is 16.7. The smallest absolute Gasteiger partial charge is 0.137 e. The number of nitrogens with zero attached hydrogens (tertiary/aromatic N) is 3. The Morgan fingerprint density at radius 3 is 2.11 bits per heavy atom. The topological polar surface area (TPSA) is 55.0 Å². The summed E-state index contributed by atoms with van der Waals surface area (Å²) in [6.07, 6.45) is 16.2. The van der Waals surface area contributed by atoms with E-state index in [9.17, 15) is 0 Å². The molecule has 0 bridgehead atoms. The van der Waals surface area contributed by atoms with Crippen molar-refractivity contribution in [3.8, 4) is 35.9 Å². The van der Waals surface area contributed by atoms with Crippen LogP contribution < -0.4 is 10.6 Å². The number of benzene rings is 3. The number of hydrogen-bond acceptors (Lipinski definition) is 4. The van der Waals surface area contributed by atoms with E-state index < -0.39 is 0 Å². The van der Waals surface area contributed by atoms with Crippen molar-refractivity contribution < 1.29 is 0 Å². The van der Waals surface area contributed by atoms with Gasteiger partial charge in [0, 0.05) is 47.7 Å². The Bertz CT molecular complexity index is 1820. The zero-order valence-electron chi connectivity index (χ0n) is 29.9. The van der Waals surface area contributed by atoms with Gasteiger partial charge in [-0.3, -0.25) is 4.98 Å². The van der Waals surface area contributed by atoms with Gasteiger partial charge in [-0.1, -0.05) is 83.4 Å². The summed E-state index contributed by atoms with van der Waals surface area (Å²) in [5.74, 6) is 6.09. The summed E-state index contributed by atoms with van der Waals surface area (Å²) >= 11 is 0. The van der Waals surface area contributed by atoms with Crippen molar-refractivity contribution in [2.24, 2.45) is 0 Å². The van der Waals surface area contributed by atoms with Gasteiger partial charge in [0.2, 0.25) is 0 Å². The molecule has 0 radical (unpaired) electrons. The van der Waals surface area contributed by atoms with Gasteiger partial charge in [0.15, 0.2) is 0 Å². The number of aryl methyl sites for hydroxylation is 4. The molecule has 0 aliphatic carbocycles. The molecule has 0 fully saturated rings. The van der Waals surface area contributed by atoms with E-state index in [1.165, 1.54) is 27.8 Å². The van der Waals surface area contributed by atoms with Crippen molar-refractivity contribution >= 4 is 22.3 Å². The van der Waals surface area contributed by atoms with Gasteiger partial charge in [0.05, 0.1) is 5.69 Å². The molecule has 3 aromatic carbocycles. The third-order valence-electron chi connectivity index (χ3n) is 7.66. The first-order chi connectivity index (χ1) is 22.8. The fraction of sp³-hybridized carbons (Fsp3) is 0.302. The summed E-state index contributed by atoms with van der Waals surface area (Å²) in [5.41, 5.74) is 17.2. The fourth-order valence-corrected chi connectivity index (χ4v) is 5.36. The van der Waals surface area contributed by atoms with Gasteiger partial charge < -0.3 is 10.6 Å². The number of nitrogen functional groups attached to an aromatic ring is 1. The van der Waals surface area contributed by atoms with E-state index in [1.807, 2.05) is 52.2 Å².